The molecule has 2 amide bonds. The molecule has 1 rings (SSSR count). The Morgan fingerprint density at radius 2 is 2.22 bits per heavy atom. The molecular weight excluding hydrogens is 268 g/mol. The number of rotatable bonds is 4. The van der Waals surface area contributed by atoms with Gasteiger partial charge in [-0.3, -0.25) is 5.21 Å². The van der Waals surface area contributed by atoms with Gasteiger partial charge in [0.1, 0.15) is 0 Å². The summed E-state index contributed by atoms with van der Waals surface area (Å²) in [5.74, 6) is 0. The van der Waals surface area contributed by atoms with Crippen LogP contribution in [0.4, 0.5) is 4.79 Å². The van der Waals surface area contributed by atoms with E-state index in [0.29, 0.717) is 11.5 Å². The van der Waals surface area contributed by atoms with E-state index in [0.717, 1.165) is 0 Å². The maximum absolute atomic E-state index is 10.5. The topological polar surface area (TPSA) is 66.6 Å². The number of hydroxylamine groups is 2. The molecule has 4 nitrogen and oxygen atoms in total. The Bertz CT molecular complexity index is 436. The molecule has 0 aromatic carbocycles. The normalized spacial score (nSPS) is 12.0. The van der Waals surface area contributed by atoms with E-state index < -0.39 is 6.03 Å². The molecule has 0 atom stereocenters. The molecule has 0 saturated heterocycles. The SMILES string of the molecule is CC(C)(C)Sc1ccc(CC=CN(O)C(N)=O)s1. The fourth-order valence-corrected chi connectivity index (χ4v) is 3.85. The van der Waals surface area contributed by atoms with Crippen LogP contribution in [0.2, 0.25) is 0 Å². The van der Waals surface area contributed by atoms with Gasteiger partial charge in [-0.2, -0.15) is 5.06 Å². The highest BCUT2D eigenvalue weighted by Crippen LogP contribution is 2.36. The smallest absolute Gasteiger partial charge is 0.342 e. The summed E-state index contributed by atoms with van der Waals surface area (Å²) in [6.45, 7) is 6.52. The third-order valence-corrected chi connectivity index (χ3v) is 4.19. The summed E-state index contributed by atoms with van der Waals surface area (Å²) in [4.78, 5) is 11.7. The quantitative estimate of drug-likeness (QED) is 0.506. The molecule has 0 radical (unpaired) electrons. The zero-order valence-electron chi connectivity index (χ0n) is 10.7. The molecular formula is C12H18N2O2S2. The lowest BCUT2D eigenvalue weighted by Crippen LogP contribution is -2.27. The Hall–Kier alpha value is -0.980. The van der Waals surface area contributed by atoms with Crippen molar-refractivity contribution in [1.29, 1.82) is 0 Å². The number of carbonyl (C=O) groups is 1. The molecule has 0 aliphatic heterocycles. The van der Waals surface area contributed by atoms with Crippen molar-refractivity contribution in [3.63, 3.8) is 0 Å². The first-order valence-electron chi connectivity index (χ1n) is 5.50. The van der Waals surface area contributed by atoms with Gasteiger partial charge in [0.05, 0.1) is 4.21 Å². The molecule has 3 N–H and O–H groups in total. The average molecular weight is 286 g/mol. The fourth-order valence-electron chi connectivity index (χ4n) is 1.17. The number of allylic oxidation sites excluding steroid dienone is 1. The first-order chi connectivity index (χ1) is 8.28. The van der Waals surface area contributed by atoms with Crippen molar-refractivity contribution in [3.8, 4) is 0 Å². The van der Waals surface area contributed by atoms with E-state index in [4.69, 9.17) is 10.9 Å². The second kappa shape index (κ2) is 6.26. The molecule has 18 heavy (non-hydrogen) atoms. The van der Waals surface area contributed by atoms with Gasteiger partial charge in [-0.25, -0.2) is 4.79 Å². The van der Waals surface area contributed by atoms with Crippen LogP contribution in [-0.4, -0.2) is 21.0 Å². The van der Waals surface area contributed by atoms with E-state index >= 15 is 0 Å². The maximum atomic E-state index is 10.5. The number of primary amides is 1. The number of hydrogen-bond donors (Lipinski definition) is 2. The summed E-state index contributed by atoms with van der Waals surface area (Å²) in [6.07, 6.45) is 3.63. The molecule has 0 spiro atoms. The number of thiophene rings is 1. The summed E-state index contributed by atoms with van der Waals surface area (Å²) in [5.41, 5.74) is 4.87. The largest absolute Gasteiger partial charge is 0.349 e. The van der Waals surface area contributed by atoms with E-state index in [9.17, 15) is 4.79 Å². The van der Waals surface area contributed by atoms with Crippen LogP contribution in [0.15, 0.2) is 28.6 Å². The molecule has 0 aliphatic carbocycles. The first kappa shape index (κ1) is 15.1. The monoisotopic (exact) mass is 286 g/mol. The highest BCUT2D eigenvalue weighted by atomic mass is 32.2. The van der Waals surface area contributed by atoms with Crippen molar-refractivity contribution in [2.75, 3.05) is 0 Å². The summed E-state index contributed by atoms with van der Waals surface area (Å²) in [5, 5.41) is 9.41. The Balaban J connectivity index is 2.52. The summed E-state index contributed by atoms with van der Waals surface area (Å²) < 4.78 is 1.47. The number of amides is 2. The highest BCUT2D eigenvalue weighted by Gasteiger charge is 2.13. The van der Waals surface area contributed by atoms with Gasteiger partial charge < -0.3 is 5.73 Å². The predicted molar refractivity (Wildman–Crippen MR) is 76.0 cm³/mol. The average Bonchev–Trinajstić information content (AvgIpc) is 2.62. The molecule has 1 aromatic rings. The van der Waals surface area contributed by atoms with Crippen molar-refractivity contribution in [1.82, 2.24) is 5.06 Å². The zero-order chi connectivity index (χ0) is 13.8. The van der Waals surface area contributed by atoms with E-state index in [1.165, 1.54) is 15.3 Å². The van der Waals surface area contributed by atoms with E-state index in [-0.39, 0.29) is 4.75 Å². The van der Waals surface area contributed by atoms with Gasteiger partial charge >= 0.3 is 6.03 Å². The van der Waals surface area contributed by atoms with E-state index in [1.54, 1.807) is 17.4 Å². The maximum Gasteiger partial charge on any atom is 0.342 e. The van der Waals surface area contributed by atoms with Crippen molar-refractivity contribution in [2.45, 2.75) is 36.1 Å². The zero-order valence-corrected chi connectivity index (χ0v) is 12.3. The lowest BCUT2D eigenvalue weighted by Gasteiger charge is -2.15. The summed E-state index contributed by atoms with van der Waals surface area (Å²) >= 11 is 3.54. The van der Waals surface area contributed by atoms with Crippen LogP contribution in [0.3, 0.4) is 0 Å². The van der Waals surface area contributed by atoms with Gasteiger partial charge in [-0.1, -0.05) is 26.8 Å². The van der Waals surface area contributed by atoms with Crippen LogP contribution in [0, 0.1) is 0 Å². The molecule has 0 aliphatic rings. The lowest BCUT2D eigenvalue weighted by molar-refractivity contribution is 0.00755. The number of thioether (sulfide) groups is 1. The Kier molecular flexibility index (Phi) is 5.25. The summed E-state index contributed by atoms with van der Waals surface area (Å²) in [6, 6.07) is 3.25. The number of nitrogens with zero attached hydrogens (tertiary/aromatic N) is 1. The lowest BCUT2D eigenvalue weighted by atomic mass is 10.3. The number of hydrogen-bond acceptors (Lipinski definition) is 4. The predicted octanol–water partition coefficient (Wildman–Crippen LogP) is 3.46. The van der Waals surface area contributed by atoms with Crippen LogP contribution in [0.25, 0.3) is 0 Å². The van der Waals surface area contributed by atoms with E-state index in [1.807, 2.05) is 11.8 Å². The molecule has 0 saturated carbocycles. The van der Waals surface area contributed by atoms with Crippen LogP contribution >= 0.6 is 23.1 Å². The second-order valence-corrected chi connectivity index (χ2v) is 8.00. The van der Waals surface area contributed by atoms with Gasteiger partial charge in [0.2, 0.25) is 0 Å². The minimum Gasteiger partial charge on any atom is -0.349 e. The Morgan fingerprint density at radius 1 is 1.56 bits per heavy atom. The number of carbonyl (C=O) groups excluding carboxylic acids is 1. The molecule has 0 unspecified atom stereocenters. The van der Waals surface area contributed by atoms with Gasteiger partial charge in [0.25, 0.3) is 0 Å². The van der Waals surface area contributed by atoms with Crippen molar-refractivity contribution >= 4 is 29.1 Å². The third-order valence-electron chi connectivity index (χ3n) is 1.84. The Labute approximate surface area is 115 Å². The van der Waals surface area contributed by atoms with Crippen molar-refractivity contribution in [2.24, 2.45) is 5.73 Å². The van der Waals surface area contributed by atoms with Crippen LogP contribution in [0.5, 0.6) is 0 Å². The summed E-state index contributed by atoms with van der Waals surface area (Å²) in [7, 11) is 0. The van der Waals surface area contributed by atoms with Gasteiger partial charge in [-0.05, 0) is 12.1 Å². The molecule has 1 aromatic heterocycles. The first-order valence-corrected chi connectivity index (χ1v) is 7.13. The molecule has 1 heterocycles. The minimum absolute atomic E-state index is 0.200. The van der Waals surface area contributed by atoms with Gasteiger partial charge in [0.15, 0.2) is 0 Å². The van der Waals surface area contributed by atoms with Crippen LogP contribution < -0.4 is 5.73 Å². The third kappa shape index (κ3) is 5.57. The fraction of sp³-hybridized carbons (Fsp3) is 0.417. The molecule has 6 heteroatoms. The highest BCUT2D eigenvalue weighted by molar-refractivity contribution is 8.02. The van der Waals surface area contributed by atoms with Gasteiger partial charge in [0, 0.05) is 22.2 Å². The minimum atomic E-state index is -0.888. The Morgan fingerprint density at radius 3 is 2.78 bits per heavy atom. The molecule has 0 fully saturated rings. The van der Waals surface area contributed by atoms with E-state index in [2.05, 4.69) is 32.9 Å². The number of nitrogens with two attached hydrogens (primary N) is 1. The van der Waals surface area contributed by atoms with Crippen LogP contribution in [0.1, 0.15) is 25.6 Å². The molecule has 100 valence electrons. The second-order valence-electron chi connectivity index (χ2n) is 4.71. The van der Waals surface area contributed by atoms with Crippen molar-refractivity contribution in [3.05, 3.63) is 29.3 Å². The van der Waals surface area contributed by atoms with Crippen molar-refractivity contribution < 1.29 is 10.0 Å². The standard InChI is InChI=1S/C12H18N2O2S2/c1-12(2,3)18-10-7-6-9(17-10)5-4-8-14(16)11(13)15/h4,6-8,16H,5H2,1-3H3,(H2,13,15). The number of urea groups is 1. The molecule has 0 bridgehead atoms. The van der Waals surface area contributed by atoms with Gasteiger partial charge in [-0.15, -0.1) is 23.1 Å². The van der Waals surface area contributed by atoms with Crippen LogP contribution in [-0.2, 0) is 6.42 Å².